The molecule has 7 nitrogen and oxygen atoms in total. The SMILES string of the molecule is O=C(c1ccc(C(F)(F)F)cc1)N1CCC(C(=O)N2CCN(c3ncccn3)CC2)CC1. The van der Waals surface area contributed by atoms with Gasteiger partial charge in [-0.05, 0) is 43.2 Å². The van der Waals surface area contributed by atoms with Gasteiger partial charge in [0.1, 0.15) is 0 Å². The Labute approximate surface area is 183 Å². The fourth-order valence-electron chi connectivity index (χ4n) is 4.15. The highest BCUT2D eigenvalue weighted by Crippen LogP contribution is 2.29. The van der Waals surface area contributed by atoms with Crippen LogP contribution in [-0.2, 0) is 11.0 Å². The van der Waals surface area contributed by atoms with Crippen LogP contribution in [0.25, 0.3) is 0 Å². The molecule has 4 rings (SSSR count). The molecule has 1 aromatic carbocycles. The van der Waals surface area contributed by atoms with Crippen LogP contribution in [0.5, 0.6) is 0 Å². The maximum Gasteiger partial charge on any atom is 0.416 e. The highest BCUT2D eigenvalue weighted by atomic mass is 19.4. The number of nitrogens with zero attached hydrogens (tertiary/aromatic N) is 5. The van der Waals surface area contributed by atoms with Crippen molar-refractivity contribution in [3.05, 3.63) is 53.9 Å². The standard InChI is InChI=1S/C22H24F3N5O2/c23-22(24,25)18-4-2-16(3-5-18)19(31)28-10-6-17(7-11-28)20(32)29-12-14-30(15-13-29)21-26-8-1-9-27-21/h1-5,8-9,17H,6-7,10-15H2. The van der Waals surface area contributed by atoms with E-state index in [1.807, 2.05) is 4.90 Å². The number of alkyl halides is 3. The summed E-state index contributed by atoms with van der Waals surface area (Å²) < 4.78 is 38.1. The van der Waals surface area contributed by atoms with Crippen LogP contribution < -0.4 is 4.90 Å². The van der Waals surface area contributed by atoms with Gasteiger partial charge < -0.3 is 14.7 Å². The third-order valence-corrected chi connectivity index (χ3v) is 6.02. The molecule has 0 aliphatic carbocycles. The van der Waals surface area contributed by atoms with Crippen molar-refractivity contribution in [1.29, 1.82) is 0 Å². The summed E-state index contributed by atoms with van der Waals surface area (Å²) >= 11 is 0. The largest absolute Gasteiger partial charge is 0.416 e. The molecule has 1 aromatic heterocycles. The van der Waals surface area contributed by atoms with Gasteiger partial charge >= 0.3 is 6.18 Å². The summed E-state index contributed by atoms with van der Waals surface area (Å²) in [5.41, 5.74) is -0.556. The molecule has 3 heterocycles. The van der Waals surface area contributed by atoms with Crippen molar-refractivity contribution in [3.8, 4) is 0 Å². The molecule has 0 radical (unpaired) electrons. The van der Waals surface area contributed by atoms with E-state index in [0.29, 0.717) is 58.1 Å². The number of piperazine rings is 1. The van der Waals surface area contributed by atoms with Gasteiger partial charge in [0.25, 0.3) is 5.91 Å². The number of piperidine rings is 1. The molecule has 0 spiro atoms. The minimum absolute atomic E-state index is 0.0975. The minimum atomic E-state index is -4.43. The van der Waals surface area contributed by atoms with Crippen molar-refractivity contribution < 1.29 is 22.8 Å². The minimum Gasteiger partial charge on any atom is -0.339 e. The Bertz CT molecular complexity index is 936. The average Bonchev–Trinajstić information content (AvgIpc) is 2.83. The van der Waals surface area contributed by atoms with Crippen molar-refractivity contribution in [1.82, 2.24) is 19.8 Å². The normalized spacial score (nSPS) is 18.0. The molecule has 0 saturated carbocycles. The lowest BCUT2D eigenvalue weighted by molar-refractivity contribution is -0.138. The van der Waals surface area contributed by atoms with Crippen molar-refractivity contribution in [3.63, 3.8) is 0 Å². The molecule has 0 bridgehead atoms. The Morgan fingerprint density at radius 3 is 2.00 bits per heavy atom. The second kappa shape index (κ2) is 9.13. The second-order valence-electron chi connectivity index (χ2n) is 8.00. The van der Waals surface area contributed by atoms with E-state index in [2.05, 4.69) is 14.9 Å². The molecule has 0 N–H and O–H groups in total. The molecule has 0 unspecified atom stereocenters. The van der Waals surface area contributed by atoms with Crippen LogP contribution in [0.15, 0.2) is 42.7 Å². The Kier molecular flexibility index (Phi) is 6.29. The smallest absolute Gasteiger partial charge is 0.339 e. The molecular formula is C22H24F3N5O2. The number of hydrogen-bond donors (Lipinski definition) is 0. The van der Waals surface area contributed by atoms with E-state index in [4.69, 9.17) is 0 Å². The zero-order valence-electron chi connectivity index (χ0n) is 17.5. The van der Waals surface area contributed by atoms with Crippen LogP contribution in [0, 0.1) is 5.92 Å². The van der Waals surface area contributed by atoms with Gasteiger partial charge in [0.15, 0.2) is 0 Å². The second-order valence-corrected chi connectivity index (χ2v) is 8.00. The molecule has 2 saturated heterocycles. The van der Waals surface area contributed by atoms with Crippen LogP contribution in [0.4, 0.5) is 19.1 Å². The lowest BCUT2D eigenvalue weighted by Crippen LogP contribution is -2.52. The number of amides is 2. The van der Waals surface area contributed by atoms with Crippen LogP contribution in [-0.4, -0.2) is 70.9 Å². The Morgan fingerprint density at radius 1 is 0.844 bits per heavy atom. The van der Waals surface area contributed by atoms with E-state index in [9.17, 15) is 22.8 Å². The third-order valence-electron chi connectivity index (χ3n) is 6.02. The maximum atomic E-state index is 12.9. The predicted octanol–water partition coefficient (Wildman–Crippen LogP) is 2.70. The van der Waals surface area contributed by atoms with Gasteiger partial charge in [-0.3, -0.25) is 9.59 Å². The molecule has 2 aromatic rings. The fraction of sp³-hybridized carbons (Fsp3) is 0.455. The lowest BCUT2D eigenvalue weighted by Gasteiger charge is -2.38. The van der Waals surface area contributed by atoms with Gasteiger partial charge in [0.05, 0.1) is 5.56 Å². The monoisotopic (exact) mass is 447 g/mol. The van der Waals surface area contributed by atoms with Gasteiger partial charge in [0, 0.05) is 63.1 Å². The number of anilines is 1. The Hall–Kier alpha value is -3.17. The highest BCUT2D eigenvalue weighted by molar-refractivity contribution is 5.94. The summed E-state index contributed by atoms with van der Waals surface area (Å²) in [6, 6.07) is 6.02. The van der Waals surface area contributed by atoms with Gasteiger partial charge in [-0.2, -0.15) is 13.2 Å². The molecule has 2 aliphatic rings. The third kappa shape index (κ3) is 4.84. The van der Waals surface area contributed by atoms with Gasteiger partial charge in [-0.15, -0.1) is 0 Å². The number of carbonyl (C=O) groups is 2. The zero-order valence-corrected chi connectivity index (χ0v) is 17.5. The van der Waals surface area contributed by atoms with Crippen molar-refractivity contribution in [2.75, 3.05) is 44.2 Å². The van der Waals surface area contributed by atoms with Crippen LogP contribution >= 0.6 is 0 Å². The predicted molar refractivity (Wildman–Crippen MR) is 111 cm³/mol. The number of carbonyl (C=O) groups excluding carboxylic acids is 2. The van der Waals surface area contributed by atoms with Crippen LogP contribution in [0.3, 0.4) is 0 Å². The first-order chi connectivity index (χ1) is 15.3. The summed E-state index contributed by atoms with van der Waals surface area (Å²) in [6.07, 6.45) is 0.0551. The number of hydrogen-bond acceptors (Lipinski definition) is 5. The first-order valence-electron chi connectivity index (χ1n) is 10.6. The first kappa shape index (κ1) is 22.0. The number of likely N-dealkylation sites (tertiary alicyclic amines) is 1. The maximum absolute atomic E-state index is 12.9. The van der Waals surface area contributed by atoms with Crippen LogP contribution in [0.2, 0.25) is 0 Å². The van der Waals surface area contributed by atoms with Crippen LogP contribution in [0.1, 0.15) is 28.8 Å². The van der Waals surface area contributed by atoms with Gasteiger partial charge in [-0.1, -0.05) is 0 Å². The lowest BCUT2D eigenvalue weighted by atomic mass is 9.94. The number of aromatic nitrogens is 2. The van der Waals surface area contributed by atoms with Crippen molar-refractivity contribution in [2.24, 2.45) is 5.92 Å². The molecule has 2 aliphatic heterocycles. The highest BCUT2D eigenvalue weighted by Gasteiger charge is 2.33. The number of benzene rings is 1. The summed E-state index contributed by atoms with van der Waals surface area (Å²) in [5, 5.41) is 0. The van der Waals surface area contributed by atoms with E-state index < -0.39 is 11.7 Å². The van der Waals surface area contributed by atoms with Gasteiger partial charge in [-0.25, -0.2) is 9.97 Å². The van der Waals surface area contributed by atoms with Gasteiger partial charge in [0.2, 0.25) is 11.9 Å². The van der Waals surface area contributed by atoms with E-state index in [-0.39, 0.29) is 23.3 Å². The van der Waals surface area contributed by atoms with E-state index in [0.717, 1.165) is 12.1 Å². The number of rotatable bonds is 3. The quantitative estimate of drug-likeness (QED) is 0.724. The molecule has 2 amide bonds. The van der Waals surface area contributed by atoms with E-state index in [1.165, 1.54) is 12.1 Å². The van der Waals surface area contributed by atoms with E-state index in [1.54, 1.807) is 23.4 Å². The average molecular weight is 447 g/mol. The topological polar surface area (TPSA) is 69.6 Å². The molecule has 32 heavy (non-hydrogen) atoms. The Morgan fingerprint density at radius 2 is 1.44 bits per heavy atom. The molecule has 10 heteroatoms. The van der Waals surface area contributed by atoms with E-state index >= 15 is 0 Å². The number of halogens is 3. The zero-order chi connectivity index (χ0) is 22.7. The molecule has 170 valence electrons. The molecule has 2 fully saturated rings. The summed E-state index contributed by atoms with van der Waals surface area (Å²) in [7, 11) is 0. The summed E-state index contributed by atoms with van der Waals surface area (Å²) in [4.78, 5) is 39.6. The molecule has 0 atom stereocenters. The first-order valence-corrected chi connectivity index (χ1v) is 10.6. The summed E-state index contributed by atoms with van der Waals surface area (Å²) in [5.74, 6) is 0.308. The van der Waals surface area contributed by atoms with Crippen molar-refractivity contribution in [2.45, 2.75) is 19.0 Å². The van der Waals surface area contributed by atoms with Crippen molar-refractivity contribution >= 4 is 17.8 Å². The molecular weight excluding hydrogens is 423 g/mol. The summed E-state index contributed by atoms with van der Waals surface area (Å²) in [6.45, 7) is 3.35. The Balaban J connectivity index is 1.27. The fourth-order valence-corrected chi connectivity index (χ4v) is 4.15.